The summed E-state index contributed by atoms with van der Waals surface area (Å²) in [7, 11) is 3.11. The number of aryl methyl sites for hydroxylation is 2. The molecule has 134 valence electrons. The van der Waals surface area contributed by atoms with Crippen molar-refractivity contribution in [2.24, 2.45) is 0 Å². The minimum absolute atomic E-state index is 0.173. The molecule has 0 amide bonds. The van der Waals surface area contributed by atoms with Gasteiger partial charge in [0.2, 0.25) is 0 Å². The van der Waals surface area contributed by atoms with Gasteiger partial charge in [0.1, 0.15) is 11.6 Å². The molecule has 0 radical (unpaired) electrons. The molecule has 2 aromatic carbocycles. The Morgan fingerprint density at radius 1 is 1.12 bits per heavy atom. The molecule has 1 aromatic heterocycles. The van der Waals surface area contributed by atoms with Gasteiger partial charge in [0, 0.05) is 18.9 Å². The average molecular weight is 352 g/mol. The van der Waals surface area contributed by atoms with Crippen molar-refractivity contribution >= 4 is 10.9 Å². The number of aromatic nitrogens is 2. The lowest BCUT2D eigenvalue weighted by Gasteiger charge is -2.09. The summed E-state index contributed by atoms with van der Waals surface area (Å²) in [5.74, 6) is 2.71. The third-order valence-electron chi connectivity index (χ3n) is 4.66. The van der Waals surface area contributed by atoms with Gasteiger partial charge in [0.05, 0.1) is 31.7 Å². The van der Waals surface area contributed by atoms with Gasteiger partial charge in [0.25, 0.3) is 5.56 Å². The molecule has 6 heteroatoms. The Hall–Kier alpha value is -3.02. The molecule has 2 heterocycles. The first-order chi connectivity index (χ1) is 12.7. The van der Waals surface area contributed by atoms with E-state index in [2.05, 4.69) is 22.1 Å². The highest BCUT2D eigenvalue weighted by Crippen LogP contribution is 2.30. The molecule has 0 bridgehead atoms. The summed E-state index contributed by atoms with van der Waals surface area (Å²) in [4.78, 5) is 19.9. The molecular formula is C20H20N2O4. The van der Waals surface area contributed by atoms with Crippen LogP contribution in [-0.4, -0.2) is 30.8 Å². The molecular weight excluding hydrogens is 332 g/mol. The number of rotatable bonds is 5. The Kier molecular flexibility index (Phi) is 4.24. The SMILES string of the molecule is COc1cc2nc(CCc3ccc4c(c3)CCO4)[nH]c(=O)c2cc1OC. The van der Waals surface area contributed by atoms with E-state index in [4.69, 9.17) is 14.2 Å². The van der Waals surface area contributed by atoms with Gasteiger partial charge in [-0.1, -0.05) is 12.1 Å². The molecule has 0 unspecified atom stereocenters. The van der Waals surface area contributed by atoms with Crippen molar-refractivity contribution in [1.82, 2.24) is 9.97 Å². The Labute approximate surface area is 150 Å². The van der Waals surface area contributed by atoms with Crippen LogP contribution in [0.15, 0.2) is 35.1 Å². The maximum atomic E-state index is 12.4. The van der Waals surface area contributed by atoms with Crippen LogP contribution in [-0.2, 0) is 19.3 Å². The second kappa shape index (κ2) is 6.71. The van der Waals surface area contributed by atoms with E-state index < -0.39 is 0 Å². The van der Waals surface area contributed by atoms with Crippen LogP contribution in [0.3, 0.4) is 0 Å². The zero-order valence-electron chi connectivity index (χ0n) is 14.8. The van der Waals surface area contributed by atoms with E-state index in [0.29, 0.717) is 34.6 Å². The second-order valence-corrected chi connectivity index (χ2v) is 6.28. The normalized spacial score (nSPS) is 12.7. The lowest BCUT2D eigenvalue weighted by molar-refractivity contribution is 0.355. The summed E-state index contributed by atoms with van der Waals surface area (Å²) in [6.45, 7) is 0.754. The number of nitrogens with zero attached hydrogens (tertiary/aromatic N) is 1. The van der Waals surface area contributed by atoms with Crippen molar-refractivity contribution in [3.63, 3.8) is 0 Å². The molecule has 0 atom stereocenters. The van der Waals surface area contributed by atoms with Gasteiger partial charge >= 0.3 is 0 Å². The summed E-state index contributed by atoms with van der Waals surface area (Å²) in [5, 5.41) is 0.487. The highest BCUT2D eigenvalue weighted by atomic mass is 16.5. The third kappa shape index (κ3) is 2.98. The summed E-state index contributed by atoms with van der Waals surface area (Å²) in [6.07, 6.45) is 2.41. The van der Waals surface area contributed by atoms with Gasteiger partial charge in [-0.3, -0.25) is 4.79 Å². The van der Waals surface area contributed by atoms with Gasteiger partial charge < -0.3 is 19.2 Å². The lowest BCUT2D eigenvalue weighted by atomic mass is 10.0. The zero-order chi connectivity index (χ0) is 18.1. The Morgan fingerprint density at radius 2 is 1.92 bits per heavy atom. The number of ether oxygens (including phenoxy) is 3. The second-order valence-electron chi connectivity index (χ2n) is 6.28. The maximum Gasteiger partial charge on any atom is 0.258 e. The number of methoxy groups -OCH3 is 2. The molecule has 0 saturated carbocycles. The van der Waals surface area contributed by atoms with Gasteiger partial charge in [-0.05, 0) is 29.7 Å². The average Bonchev–Trinajstić information content (AvgIpc) is 3.13. The predicted octanol–water partition coefficient (Wildman–Crippen LogP) is 2.66. The number of benzene rings is 2. The molecule has 3 aromatic rings. The molecule has 1 aliphatic rings. The van der Waals surface area contributed by atoms with Gasteiger partial charge in [-0.2, -0.15) is 0 Å². The standard InChI is InChI=1S/C20H20N2O4/c1-24-17-10-14-15(11-18(17)25-2)21-19(22-20(14)23)6-4-12-3-5-16-13(9-12)7-8-26-16/h3,5,9-11H,4,6-8H2,1-2H3,(H,21,22,23). The fraction of sp³-hybridized carbons (Fsp3) is 0.300. The van der Waals surface area contributed by atoms with E-state index in [1.54, 1.807) is 26.4 Å². The molecule has 1 aliphatic heterocycles. The van der Waals surface area contributed by atoms with Crippen molar-refractivity contribution in [3.05, 3.63) is 57.6 Å². The van der Waals surface area contributed by atoms with Crippen molar-refractivity contribution in [3.8, 4) is 17.2 Å². The van der Waals surface area contributed by atoms with Crippen LogP contribution in [0.4, 0.5) is 0 Å². The smallest absolute Gasteiger partial charge is 0.258 e. The molecule has 0 saturated heterocycles. The van der Waals surface area contributed by atoms with Crippen LogP contribution in [0.25, 0.3) is 10.9 Å². The summed E-state index contributed by atoms with van der Waals surface area (Å²) in [5.41, 5.74) is 2.89. The van der Waals surface area contributed by atoms with Gasteiger partial charge in [-0.25, -0.2) is 4.98 Å². The van der Waals surface area contributed by atoms with Gasteiger partial charge in [-0.15, -0.1) is 0 Å². The molecule has 0 fully saturated rings. The summed E-state index contributed by atoms with van der Waals surface area (Å²) >= 11 is 0. The fourth-order valence-corrected chi connectivity index (χ4v) is 3.29. The maximum absolute atomic E-state index is 12.4. The van der Waals surface area contributed by atoms with Crippen LogP contribution >= 0.6 is 0 Å². The first-order valence-corrected chi connectivity index (χ1v) is 8.57. The van der Waals surface area contributed by atoms with Crippen LogP contribution < -0.4 is 19.8 Å². The van der Waals surface area contributed by atoms with Crippen molar-refractivity contribution in [2.45, 2.75) is 19.3 Å². The summed E-state index contributed by atoms with van der Waals surface area (Å²) in [6, 6.07) is 9.65. The largest absolute Gasteiger partial charge is 0.493 e. The number of aromatic amines is 1. The van der Waals surface area contributed by atoms with Crippen molar-refractivity contribution < 1.29 is 14.2 Å². The Bertz CT molecular complexity index is 1030. The van der Waals surface area contributed by atoms with E-state index in [9.17, 15) is 4.79 Å². The minimum Gasteiger partial charge on any atom is -0.493 e. The van der Waals surface area contributed by atoms with Gasteiger partial charge in [0.15, 0.2) is 11.5 Å². The monoisotopic (exact) mass is 352 g/mol. The zero-order valence-corrected chi connectivity index (χ0v) is 14.8. The first-order valence-electron chi connectivity index (χ1n) is 8.57. The molecule has 0 aliphatic carbocycles. The molecule has 26 heavy (non-hydrogen) atoms. The van der Waals surface area contributed by atoms with Crippen LogP contribution in [0.2, 0.25) is 0 Å². The number of fused-ring (bicyclic) bond motifs is 2. The quantitative estimate of drug-likeness (QED) is 0.764. The number of hydrogen-bond donors (Lipinski definition) is 1. The van der Waals surface area contributed by atoms with E-state index in [1.165, 1.54) is 11.1 Å². The van der Waals surface area contributed by atoms with Crippen LogP contribution in [0.5, 0.6) is 17.2 Å². The van der Waals surface area contributed by atoms with Crippen LogP contribution in [0.1, 0.15) is 17.0 Å². The predicted molar refractivity (Wildman–Crippen MR) is 98.5 cm³/mol. The topological polar surface area (TPSA) is 73.4 Å². The highest BCUT2D eigenvalue weighted by Gasteiger charge is 2.13. The Balaban J connectivity index is 1.61. The third-order valence-corrected chi connectivity index (χ3v) is 4.66. The number of hydrogen-bond acceptors (Lipinski definition) is 5. The lowest BCUT2D eigenvalue weighted by Crippen LogP contribution is -2.13. The molecule has 6 nitrogen and oxygen atoms in total. The van der Waals surface area contributed by atoms with E-state index in [0.717, 1.165) is 25.2 Å². The molecule has 0 spiro atoms. The highest BCUT2D eigenvalue weighted by molar-refractivity contribution is 5.81. The Morgan fingerprint density at radius 3 is 2.73 bits per heavy atom. The van der Waals surface area contributed by atoms with E-state index >= 15 is 0 Å². The van der Waals surface area contributed by atoms with Crippen molar-refractivity contribution in [1.29, 1.82) is 0 Å². The number of H-pyrrole nitrogens is 1. The fourth-order valence-electron chi connectivity index (χ4n) is 3.29. The number of nitrogens with one attached hydrogen (secondary N) is 1. The van der Waals surface area contributed by atoms with Crippen LogP contribution in [0, 0.1) is 0 Å². The summed E-state index contributed by atoms with van der Waals surface area (Å²) < 4.78 is 16.1. The first kappa shape index (κ1) is 16.4. The molecule has 1 N–H and O–H groups in total. The van der Waals surface area contributed by atoms with E-state index in [1.807, 2.05) is 6.07 Å². The van der Waals surface area contributed by atoms with E-state index in [-0.39, 0.29) is 5.56 Å². The van der Waals surface area contributed by atoms with Crippen molar-refractivity contribution in [2.75, 3.05) is 20.8 Å². The molecule has 4 rings (SSSR count). The minimum atomic E-state index is -0.173.